The molecule has 35 nitrogen and oxygen atoms in total. The molecule has 2 aliphatic rings. The van der Waals surface area contributed by atoms with Crippen LogP contribution in [-0.4, -0.2) is 336 Å². The first-order valence-corrected chi connectivity index (χ1v) is 32.6. The van der Waals surface area contributed by atoms with Gasteiger partial charge in [-0.1, -0.05) is 17.3 Å². The van der Waals surface area contributed by atoms with E-state index in [2.05, 4.69) is 20.7 Å². The molecule has 2 aliphatic heterocycles. The van der Waals surface area contributed by atoms with Crippen LogP contribution in [0.2, 0.25) is 0 Å². The van der Waals surface area contributed by atoms with E-state index in [0.29, 0.717) is 163 Å². The molecule has 9 N–H and O–H groups in total. The van der Waals surface area contributed by atoms with Crippen molar-refractivity contribution in [1.29, 1.82) is 0 Å². The predicted molar refractivity (Wildman–Crippen MR) is 343 cm³/mol. The molecule has 0 radical (unpaired) electrons. The summed E-state index contributed by atoms with van der Waals surface area (Å²) in [7, 11) is 0. The van der Waals surface area contributed by atoms with Crippen LogP contribution in [0.25, 0.3) is 0 Å². The van der Waals surface area contributed by atoms with Gasteiger partial charge < -0.3 is 136 Å². The van der Waals surface area contributed by atoms with Gasteiger partial charge in [0.05, 0.1) is 182 Å². The van der Waals surface area contributed by atoms with Gasteiger partial charge in [0.1, 0.15) is 67.9 Å². The number of carboxylic acid groups (broad SMARTS) is 1. The molecule has 35 heteroatoms. The summed E-state index contributed by atoms with van der Waals surface area (Å²) in [4.78, 5) is 68.1. The number of aliphatic carboxylic acids is 1. The molecule has 0 saturated carbocycles. The summed E-state index contributed by atoms with van der Waals surface area (Å²) in [5.74, 6) is -3.98. The minimum Gasteiger partial charge on any atom is -0.479 e. The van der Waals surface area contributed by atoms with Crippen LogP contribution in [0.3, 0.4) is 0 Å². The van der Waals surface area contributed by atoms with Gasteiger partial charge in [0.15, 0.2) is 6.10 Å². The van der Waals surface area contributed by atoms with Gasteiger partial charge >= 0.3 is 17.9 Å². The molecule has 2 aromatic rings. The minimum absolute atomic E-state index is 0.0321. The second-order valence-electron chi connectivity index (χ2n) is 22.0. The van der Waals surface area contributed by atoms with E-state index in [0.717, 1.165) is 5.71 Å². The Labute approximate surface area is 575 Å². The molecule has 2 aromatic carbocycles. The molecule has 2 heterocycles. The first kappa shape index (κ1) is 85.4. The summed E-state index contributed by atoms with van der Waals surface area (Å²) < 4.78 is 99.8. The van der Waals surface area contributed by atoms with Crippen LogP contribution in [0.15, 0.2) is 41.6 Å². The Hall–Kier alpha value is -5.98. The summed E-state index contributed by atoms with van der Waals surface area (Å²) >= 11 is 0. The highest BCUT2D eigenvalue weighted by atomic mass is 16.7. The van der Waals surface area contributed by atoms with Gasteiger partial charge in [0.2, 0.25) is 12.6 Å². The van der Waals surface area contributed by atoms with Crippen molar-refractivity contribution in [2.45, 2.75) is 96.2 Å². The minimum atomic E-state index is -1.94. The molecule has 0 bridgehead atoms. The zero-order valence-corrected chi connectivity index (χ0v) is 56.8. The maximum absolute atomic E-state index is 13.3. The quantitative estimate of drug-likeness (QED) is 0.0149. The number of nitrogens with zero attached hydrogens (tertiary/aromatic N) is 2. The summed E-state index contributed by atoms with van der Waals surface area (Å²) in [6.07, 6.45) is -15.2. The van der Waals surface area contributed by atoms with E-state index < -0.39 is 85.0 Å². The van der Waals surface area contributed by atoms with Gasteiger partial charge in [-0.3, -0.25) is 24.1 Å². The molecule has 0 unspecified atom stereocenters. The van der Waals surface area contributed by atoms with E-state index in [-0.39, 0.29) is 88.6 Å². The van der Waals surface area contributed by atoms with Crippen molar-refractivity contribution < 1.29 is 150 Å². The van der Waals surface area contributed by atoms with Gasteiger partial charge in [-0.2, -0.15) is 0 Å². The first-order valence-electron chi connectivity index (χ1n) is 32.6. The summed E-state index contributed by atoms with van der Waals surface area (Å²) in [6, 6.07) is 8.65. The third-order valence-electron chi connectivity index (χ3n) is 13.8. The molecule has 9 atom stereocenters. The van der Waals surface area contributed by atoms with Crippen molar-refractivity contribution >= 4 is 35.4 Å². The van der Waals surface area contributed by atoms with Crippen LogP contribution >= 0.6 is 0 Å². The zero-order chi connectivity index (χ0) is 71.8. The number of nitrogens with one attached hydrogen (secondary N) is 2. The third kappa shape index (κ3) is 37.0. The molecular formula is C64H102N4O31. The number of rotatable bonds is 57. The van der Waals surface area contributed by atoms with Gasteiger partial charge in [0, 0.05) is 46.6 Å². The number of carboxylic acids is 1. The molecule has 0 spiro atoms. The maximum Gasteiger partial charge on any atom is 0.335 e. The van der Waals surface area contributed by atoms with Crippen molar-refractivity contribution in [2.24, 2.45) is 5.16 Å². The average molecular weight is 1420 g/mol. The maximum atomic E-state index is 13.3. The topological polar surface area (TPSA) is 442 Å². The summed E-state index contributed by atoms with van der Waals surface area (Å²) in [5.41, 5.74) is 1.71. The van der Waals surface area contributed by atoms with E-state index >= 15 is 0 Å². The number of aliphatic hydroxyl groups excluding tert-OH is 6. The summed E-state index contributed by atoms with van der Waals surface area (Å²) in [6.45, 7) is 16.3. The Morgan fingerprint density at radius 3 is 1.18 bits per heavy atom. The normalized spacial score (nSPS) is 19.9. The second-order valence-corrected chi connectivity index (χ2v) is 22.0. The van der Waals surface area contributed by atoms with E-state index in [9.17, 15) is 59.7 Å². The number of amides is 2. The Bertz CT molecular complexity index is 2590. The number of ether oxygens (including phenoxy) is 18. The van der Waals surface area contributed by atoms with Gasteiger partial charge in [0.25, 0.3) is 11.8 Å². The van der Waals surface area contributed by atoms with Crippen molar-refractivity contribution in [1.82, 2.24) is 15.5 Å². The molecule has 0 aromatic heterocycles. The molecule has 2 fully saturated rings. The highest BCUT2D eigenvalue weighted by molar-refractivity contribution is 5.97. The molecule has 564 valence electrons. The fourth-order valence-corrected chi connectivity index (χ4v) is 8.68. The van der Waals surface area contributed by atoms with Crippen LogP contribution in [0.5, 0.6) is 11.5 Å². The Morgan fingerprint density at radius 2 is 0.808 bits per heavy atom. The van der Waals surface area contributed by atoms with Crippen LogP contribution in [0.1, 0.15) is 59.5 Å². The van der Waals surface area contributed by atoms with Gasteiger partial charge in [-0.25, -0.2) is 4.79 Å². The Balaban J connectivity index is 0.987. The van der Waals surface area contributed by atoms with Crippen molar-refractivity contribution in [3.05, 3.63) is 58.7 Å². The fraction of sp³-hybridized carbons (Fsp3) is 0.719. The fourth-order valence-electron chi connectivity index (χ4n) is 8.68. The van der Waals surface area contributed by atoms with E-state index in [4.69, 9.17) is 90.1 Å². The van der Waals surface area contributed by atoms with E-state index in [1.54, 1.807) is 6.07 Å². The lowest BCUT2D eigenvalue weighted by Gasteiger charge is -2.38. The molecule has 2 saturated heterocycles. The first-order chi connectivity index (χ1) is 47.9. The highest BCUT2D eigenvalue weighted by Crippen LogP contribution is 2.29. The number of benzene rings is 2. The molecule has 2 amide bonds. The van der Waals surface area contributed by atoms with Gasteiger partial charge in [-0.15, -0.1) is 0 Å². The van der Waals surface area contributed by atoms with Crippen molar-refractivity contribution in [3.63, 3.8) is 0 Å². The summed E-state index contributed by atoms with van der Waals surface area (Å²) in [5, 5.41) is 79.6. The Kier molecular flexibility index (Phi) is 44.9. The zero-order valence-electron chi connectivity index (χ0n) is 56.8. The van der Waals surface area contributed by atoms with Crippen molar-refractivity contribution in [2.75, 3.05) is 205 Å². The third-order valence-corrected chi connectivity index (χ3v) is 13.8. The molecule has 99 heavy (non-hydrogen) atoms. The average Bonchev–Trinajstić information content (AvgIpc) is 0.806. The van der Waals surface area contributed by atoms with E-state index in [1.165, 1.54) is 44.2 Å². The van der Waals surface area contributed by atoms with Gasteiger partial charge in [-0.05, 0) is 49.2 Å². The number of carbonyl (C=O) groups is 5. The molecular weight excluding hydrogens is 1320 g/mol. The number of carbonyl (C=O) groups excluding carboxylic acids is 4. The number of hydrogen-bond acceptors (Lipinski definition) is 32. The van der Waals surface area contributed by atoms with E-state index in [1.807, 2.05) is 13.8 Å². The SMILES string of the molecule is CC(=O)OCc1ccc(O[C@@H]2O[C@H](C(=O)O)[C@@H](O)[C@H](O)[C@H]2O)c(C(=O)NCCOCCOCCOCCOCCOCCN(CCOCCOCCOCCOCCOCCNC(=O)c2cc(COC(C)=O)ccc2O[C@@H]2OC[C@@H](O)[C@H](O)[C@H]2O)CCOCCOCCON=C(C)C)c1. The lowest BCUT2D eigenvalue weighted by molar-refractivity contribution is -0.271. The molecule has 0 aliphatic carbocycles. The van der Waals surface area contributed by atoms with Crippen LogP contribution < -0.4 is 20.1 Å². The van der Waals surface area contributed by atoms with Crippen LogP contribution in [0, 0.1) is 0 Å². The standard InChI is InChI=1S/C64H102N4O31/c1-44(2)67-96-38-37-92-28-23-85-18-13-68(11-16-83-21-26-88-31-35-90-33-29-86-24-19-81-14-9-65-60(77)49-39-47(41-93-45(3)69)5-7-52(49)97-63-57(75)54(72)51(71)43-95-63)12-17-84-22-27-89-32-36-91-34-30-87-25-20-82-15-10-66-61(78)50-40-48(42-94-46(4)70)6-8-53(50)98-64-58(76)55(73)56(74)59(99-64)62(79)80/h5-8,39-40,51,54-59,63-64,71-76H,9-38,41-43H2,1-4H3,(H,65,77)(H,66,78)(H,79,80)/t51-,54+,55+,56+,57-,58-,59+,63+,64-/m1/s1. The smallest absolute Gasteiger partial charge is 0.335 e. The van der Waals surface area contributed by atoms with Crippen LogP contribution in [0.4, 0.5) is 0 Å². The lowest BCUT2D eigenvalue weighted by atomic mass is 9.99. The number of aliphatic hydroxyl groups is 6. The number of esters is 2. The monoisotopic (exact) mass is 1420 g/mol. The molecule has 4 rings (SSSR count). The van der Waals surface area contributed by atoms with Crippen molar-refractivity contribution in [3.8, 4) is 11.5 Å². The Morgan fingerprint density at radius 1 is 0.455 bits per heavy atom. The van der Waals surface area contributed by atoms with Crippen LogP contribution in [-0.2, 0) is 108 Å². The second kappa shape index (κ2) is 52.1. The predicted octanol–water partition coefficient (Wildman–Crippen LogP) is -2.03. The largest absolute Gasteiger partial charge is 0.479 e. The highest BCUT2D eigenvalue weighted by Gasteiger charge is 2.48. The number of oxime groups is 1. The number of hydrogen-bond donors (Lipinski definition) is 9. The lowest BCUT2D eigenvalue weighted by Crippen LogP contribution is -2.61.